The maximum Gasteiger partial charge on any atom is 0.573 e. The Morgan fingerprint density at radius 1 is 0.842 bits per heavy atom. The maximum atomic E-state index is 12.8. The third kappa shape index (κ3) is 9.25. The Bertz CT molecular complexity index is 1240. The first-order chi connectivity index (χ1) is 17.8. The second-order valence-corrected chi connectivity index (χ2v) is 8.75. The minimum atomic E-state index is -4.92. The molecule has 0 aromatic heterocycles. The molecular weight excluding hydrogens is 538 g/mol. The van der Waals surface area contributed by atoms with Crippen LogP contribution in [0.5, 0.6) is 17.2 Å². The highest BCUT2D eigenvalue weighted by atomic mass is 32.2. The van der Waals surface area contributed by atoms with Gasteiger partial charge >= 0.3 is 18.7 Å². The van der Waals surface area contributed by atoms with Crippen molar-refractivity contribution in [3.63, 3.8) is 0 Å². The van der Waals surface area contributed by atoms with Gasteiger partial charge in [0.25, 0.3) is 0 Å². The highest BCUT2D eigenvalue weighted by Crippen LogP contribution is 2.33. The zero-order valence-electron chi connectivity index (χ0n) is 19.6. The molecule has 0 aliphatic heterocycles. The van der Waals surface area contributed by atoms with Gasteiger partial charge in [-0.3, -0.25) is 0 Å². The van der Waals surface area contributed by atoms with Crippen molar-refractivity contribution in [2.45, 2.75) is 24.5 Å². The predicted octanol–water partition coefficient (Wildman–Crippen LogP) is 7.48. The number of thioether (sulfide) groups is 1. The van der Waals surface area contributed by atoms with Crippen molar-refractivity contribution in [1.82, 2.24) is 0 Å². The number of hydrogen-bond acceptors (Lipinski definition) is 5. The molecule has 0 fully saturated rings. The van der Waals surface area contributed by atoms with Gasteiger partial charge < -0.3 is 19.3 Å². The molecule has 0 amide bonds. The van der Waals surface area contributed by atoms with Crippen LogP contribution < -0.4 is 14.2 Å². The average molecular weight is 558 g/mol. The number of carboxylic acids is 1. The zero-order valence-corrected chi connectivity index (χ0v) is 20.4. The van der Waals surface area contributed by atoms with Gasteiger partial charge in [-0.25, -0.2) is 4.79 Å². The van der Waals surface area contributed by atoms with Crippen molar-refractivity contribution < 1.29 is 50.5 Å². The summed E-state index contributed by atoms with van der Waals surface area (Å²) in [5.41, 5.74) is 1.71. The van der Waals surface area contributed by atoms with Gasteiger partial charge in [-0.1, -0.05) is 30.3 Å². The third-order valence-electron chi connectivity index (χ3n) is 4.79. The molecule has 38 heavy (non-hydrogen) atoms. The molecule has 0 saturated heterocycles. The summed E-state index contributed by atoms with van der Waals surface area (Å²) in [7, 11) is 0. The summed E-state index contributed by atoms with van der Waals surface area (Å²) in [6, 6.07) is 15.2. The van der Waals surface area contributed by atoms with E-state index >= 15 is 0 Å². The lowest BCUT2D eigenvalue weighted by Crippen LogP contribution is -2.17. The Morgan fingerprint density at radius 3 is 1.87 bits per heavy atom. The molecule has 3 rings (SSSR count). The monoisotopic (exact) mass is 558 g/mol. The van der Waals surface area contributed by atoms with Gasteiger partial charge in [-0.2, -0.15) is 0 Å². The molecule has 0 aliphatic rings. The second-order valence-electron chi connectivity index (χ2n) is 7.69. The molecule has 0 saturated carbocycles. The highest BCUT2D eigenvalue weighted by Gasteiger charge is 2.32. The van der Waals surface area contributed by atoms with E-state index in [1.54, 1.807) is 31.2 Å². The third-order valence-corrected chi connectivity index (χ3v) is 5.89. The fourth-order valence-corrected chi connectivity index (χ4v) is 4.24. The molecule has 1 N–H and O–H groups in total. The fourth-order valence-electron chi connectivity index (χ4n) is 3.36. The number of halogens is 6. The SMILES string of the molecule is Cc1cc(OCC(=O)O)ccc1SCC=C(c1cccc(OC(F)(F)F)c1)c1cccc(OC(F)(F)F)c1. The number of benzene rings is 3. The van der Waals surface area contributed by atoms with E-state index in [9.17, 15) is 31.1 Å². The van der Waals surface area contributed by atoms with Crippen LogP contribution in [0.2, 0.25) is 0 Å². The molecule has 0 unspecified atom stereocenters. The fraction of sp³-hybridized carbons (Fsp3) is 0.192. The lowest BCUT2D eigenvalue weighted by Gasteiger charge is -2.15. The van der Waals surface area contributed by atoms with Gasteiger partial charge in [-0.05, 0) is 71.7 Å². The van der Waals surface area contributed by atoms with Crippen molar-refractivity contribution in [3.8, 4) is 17.2 Å². The summed E-state index contributed by atoms with van der Waals surface area (Å²) in [5.74, 6) is -1.42. The molecular formula is C26H20F6O5S. The van der Waals surface area contributed by atoms with E-state index in [0.29, 0.717) is 17.1 Å². The lowest BCUT2D eigenvalue weighted by atomic mass is 9.97. The lowest BCUT2D eigenvalue weighted by molar-refractivity contribution is -0.275. The van der Waals surface area contributed by atoms with Crippen molar-refractivity contribution in [1.29, 1.82) is 0 Å². The van der Waals surface area contributed by atoms with E-state index in [2.05, 4.69) is 9.47 Å². The average Bonchev–Trinajstić information content (AvgIpc) is 2.79. The topological polar surface area (TPSA) is 65.0 Å². The number of alkyl halides is 6. The van der Waals surface area contributed by atoms with Crippen LogP contribution in [0.15, 0.2) is 77.7 Å². The smallest absolute Gasteiger partial charge is 0.482 e. The zero-order chi connectivity index (χ0) is 27.9. The van der Waals surface area contributed by atoms with Crippen LogP contribution in [0.4, 0.5) is 26.3 Å². The maximum absolute atomic E-state index is 12.8. The number of carboxylic acid groups (broad SMARTS) is 1. The minimum Gasteiger partial charge on any atom is -0.482 e. The first-order valence-electron chi connectivity index (χ1n) is 10.8. The van der Waals surface area contributed by atoms with E-state index in [1.165, 1.54) is 36.0 Å². The van der Waals surface area contributed by atoms with E-state index in [0.717, 1.165) is 34.7 Å². The molecule has 5 nitrogen and oxygen atoms in total. The Kier molecular flexibility index (Phi) is 9.21. The van der Waals surface area contributed by atoms with Crippen LogP contribution in [-0.2, 0) is 4.79 Å². The summed E-state index contributed by atoms with van der Waals surface area (Å²) in [6.45, 7) is 1.29. The standard InChI is InChI=1S/C26H20F6O5S/c1-16-12-19(35-15-24(33)34)8-9-23(16)38-11-10-22(17-4-2-6-20(13-17)36-25(27,28)29)18-5-3-7-21(14-18)37-26(30,31)32/h2-10,12-14H,11,15H2,1H3,(H,33,34). The van der Waals surface area contributed by atoms with Gasteiger partial charge in [0.2, 0.25) is 0 Å². The number of carbonyl (C=O) groups is 1. The quantitative estimate of drug-likeness (QED) is 0.206. The van der Waals surface area contributed by atoms with Crippen molar-refractivity contribution in [2.75, 3.05) is 12.4 Å². The second kappa shape index (κ2) is 12.2. The molecule has 0 spiro atoms. The van der Waals surface area contributed by atoms with Crippen LogP contribution in [0.25, 0.3) is 5.57 Å². The van der Waals surface area contributed by atoms with Crippen LogP contribution in [0, 0.1) is 6.92 Å². The highest BCUT2D eigenvalue weighted by molar-refractivity contribution is 7.99. The normalized spacial score (nSPS) is 11.6. The number of aliphatic carboxylic acids is 1. The molecule has 3 aromatic rings. The Morgan fingerprint density at radius 2 is 1.39 bits per heavy atom. The summed E-state index contributed by atoms with van der Waals surface area (Å²) in [6.07, 6.45) is -8.17. The number of ether oxygens (including phenoxy) is 3. The number of hydrogen-bond donors (Lipinski definition) is 1. The van der Waals surface area contributed by atoms with E-state index in [4.69, 9.17) is 9.84 Å². The molecule has 0 aliphatic carbocycles. The summed E-state index contributed by atoms with van der Waals surface area (Å²) < 4.78 is 89.7. The van der Waals surface area contributed by atoms with Gasteiger partial charge in [0.05, 0.1) is 0 Å². The molecule has 202 valence electrons. The Hall–Kier alpha value is -3.80. The van der Waals surface area contributed by atoms with Crippen molar-refractivity contribution in [3.05, 3.63) is 89.5 Å². The number of aryl methyl sites for hydroxylation is 1. The first kappa shape index (κ1) is 28.8. The molecule has 0 heterocycles. The van der Waals surface area contributed by atoms with E-state index < -0.39 is 36.8 Å². The molecule has 0 atom stereocenters. The van der Waals surface area contributed by atoms with Crippen LogP contribution in [0.1, 0.15) is 16.7 Å². The van der Waals surface area contributed by atoms with Crippen molar-refractivity contribution in [2.24, 2.45) is 0 Å². The summed E-state index contributed by atoms with van der Waals surface area (Å²) in [4.78, 5) is 11.5. The Labute approximate surface area is 217 Å². The molecule has 12 heteroatoms. The number of rotatable bonds is 10. The first-order valence-corrected chi connectivity index (χ1v) is 11.8. The predicted molar refractivity (Wildman–Crippen MR) is 128 cm³/mol. The minimum absolute atomic E-state index is 0.283. The largest absolute Gasteiger partial charge is 0.573 e. The van der Waals surface area contributed by atoms with Gasteiger partial charge in [0, 0.05) is 10.6 Å². The van der Waals surface area contributed by atoms with Crippen LogP contribution in [0.3, 0.4) is 0 Å². The summed E-state index contributed by atoms with van der Waals surface area (Å²) >= 11 is 1.36. The van der Waals surface area contributed by atoms with E-state index in [1.807, 2.05) is 0 Å². The Balaban J connectivity index is 1.91. The van der Waals surface area contributed by atoms with Crippen LogP contribution in [-0.4, -0.2) is 36.2 Å². The summed E-state index contributed by atoms with van der Waals surface area (Å²) in [5, 5.41) is 8.74. The molecule has 3 aromatic carbocycles. The van der Waals surface area contributed by atoms with Gasteiger partial charge in [0.15, 0.2) is 6.61 Å². The van der Waals surface area contributed by atoms with Crippen LogP contribution >= 0.6 is 11.8 Å². The van der Waals surface area contributed by atoms with Gasteiger partial charge in [0.1, 0.15) is 17.2 Å². The van der Waals surface area contributed by atoms with E-state index in [-0.39, 0.29) is 11.1 Å². The van der Waals surface area contributed by atoms with Gasteiger partial charge in [-0.15, -0.1) is 38.1 Å². The van der Waals surface area contributed by atoms with Crippen molar-refractivity contribution >= 4 is 23.3 Å². The molecule has 0 radical (unpaired) electrons. The molecule has 0 bridgehead atoms.